The summed E-state index contributed by atoms with van der Waals surface area (Å²) in [6.07, 6.45) is 7.26. The van der Waals surface area contributed by atoms with Gasteiger partial charge in [0.1, 0.15) is 0 Å². The molecule has 3 aliphatic carbocycles. The zero-order valence-corrected chi connectivity index (χ0v) is 9.69. The zero-order chi connectivity index (χ0) is 10.2. The molecule has 3 aliphatic rings. The molecule has 0 aliphatic heterocycles. The summed E-state index contributed by atoms with van der Waals surface area (Å²) in [7, 11) is 0. The first-order valence-corrected chi connectivity index (χ1v) is 6.09. The van der Waals surface area contributed by atoms with Crippen LogP contribution in [0.1, 0.15) is 59.3 Å². The average molecular weight is 194 g/mol. The van der Waals surface area contributed by atoms with Crippen molar-refractivity contribution in [2.24, 2.45) is 16.2 Å². The highest BCUT2D eigenvalue weighted by molar-refractivity contribution is 5.25. The van der Waals surface area contributed by atoms with Crippen LogP contribution >= 0.6 is 0 Å². The Morgan fingerprint density at radius 1 is 0.857 bits per heavy atom. The Kier molecular flexibility index (Phi) is 1.36. The van der Waals surface area contributed by atoms with Crippen LogP contribution in [-0.2, 0) is 0 Å². The molecule has 4 atom stereocenters. The van der Waals surface area contributed by atoms with E-state index in [-0.39, 0.29) is 11.0 Å². The van der Waals surface area contributed by atoms with E-state index in [1.165, 1.54) is 25.7 Å². The molecule has 0 aromatic carbocycles. The van der Waals surface area contributed by atoms with E-state index in [4.69, 9.17) is 0 Å². The summed E-state index contributed by atoms with van der Waals surface area (Å²) in [5.41, 5.74) is 0.722. The molecule has 1 nitrogen and oxygen atoms in total. The van der Waals surface area contributed by atoms with Crippen LogP contribution in [0.4, 0.5) is 0 Å². The monoisotopic (exact) mass is 194 g/mol. The lowest BCUT2D eigenvalue weighted by Gasteiger charge is -2.52. The zero-order valence-electron chi connectivity index (χ0n) is 9.69. The van der Waals surface area contributed by atoms with Gasteiger partial charge in [-0.2, -0.15) is 0 Å². The lowest BCUT2D eigenvalue weighted by Crippen LogP contribution is -2.46. The second-order valence-corrected chi connectivity index (χ2v) is 6.79. The molecule has 0 radical (unpaired) electrons. The highest BCUT2D eigenvalue weighted by Gasteiger charge is 2.75. The minimum atomic E-state index is -0.326. The van der Waals surface area contributed by atoms with E-state index >= 15 is 0 Å². The first-order chi connectivity index (χ1) is 6.37. The topological polar surface area (TPSA) is 20.2 Å². The van der Waals surface area contributed by atoms with E-state index in [1.807, 2.05) is 0 Å². The van der Waals surface area contributed by atoms with Gasteiger partial charge in [0.05, 0.1) is 5.60 Å². The quantitative estimate of drug-likeness (QED) is 0.628. The Balaban J connectivity index is 2.21. The van der Waals surface area contributed by atoms with E-state index in [0.717, 1.165) is 12.8 Å². The molecule has 14 heavy (non-hydrogen) atoms. The van der Waals surface area contributed by atoms with Crippen molar-refractivity contribution in [1.29, 1.82) is 0 Å². The molecule has 1 heteroatoms. The molecule has 1 N–H and O–H groups in total. The van der Waals surface area contributed by atoms with Crippen molar-refractivity contribution in [3.8, 4) is 0 Å². The molecule has 4 unspecified atom stereocenters. The van der Waals surface area contributed by atoms with E-state index in [0.29, 0.717) is 10.8 Å². The predicted molar refractivity (Wildman–Crippen MR) is 57.0 cm³/mol. The summed E-state index contributed by atoms with van der Waals surface area (Å²) in [5, 5.41) is 10.8. The number of hydrogen-bond donors (Lipinski definition) is 1. The van der Waals surface area contributed by atoms with Gasteiger partial charge in [-0.25, -0.2) is 0 Å². The Hall–Kier alpha value is -0.0400. The predicted octanol–water partition coefficient (Wildman–Crippen LogP) is 3.12. The SMILES string of the molecule is CC12CCCC3(C)C(O)(CCC13C)C2. The van der Waals surface area contributed by atoms with Crippen molar-refractivity contribution in [1.82, 2.24) is 0 Å². The van der Waals surface area contributed by atoms with Gasteiger partial charge in [-0.1, -0.05) is 27.2 Å². The normalized spacial score (nSPS) is 66.0. The van der Waals surface area contributed by atoms with Crippen LogP contribution < -0.4 is 0 Å². The third kappa shape index (κ3) is 0.625. The second kappa shape index (κ2) is 2.07. The summed E-state index contributed by atoms with van der Waals surface area (Å²) in [6, 6.07) is 0. The molecule has 0 saturated heterocycles. The van der Waals surface area contributed by atoms with Gasteiger partial charge in [0, 0.05) is 5.41 Å². The summed E-state index contributed by atoms with van der Waals surface area (Å²) in [5.74, 6) is 0. The van der Waals surface area contributed by atoms with E-state index in [9.17, 15) is 5.11 Å². The van der Waals surface area contributed by atoms with Crippen LogP contribution in [-0.4, -0.2) is 10.7 Å². The van der Waals surface area contributed by atoms with Crippen molar-refractivity contribution in [2.45, 2.75) is 64.9 Å². The molecule has 3 saturated carbocycles. The lowest BCUT2D eigenvalue weighted by atomic mass is 9.52. The minimum Gasteiger partial charge on any atom is -0.389 e. The van der Waals surface area contributed by atoms with Gasteiger partial charge in [-0.15, -0.1) is 0 Å². The van der Waals surface area contributed by atoms with Gasteiger partial charge < -0.3 is 5.11 Å². The second-order valence-electron chi connectivity index (χ2n) is 6.79. The molecule has 0 amide bonds. The summed E-state index contributed by atoms with van der Waals surface area (Å²) >= 11 is 0. The van der Waals surface area contributed by atoms with Crippen molar-refractivity contribution >= 4 is 0 Å². The fourth-order valence-corrected chi connectivity index (χ4v) is 5.32. The van der Waals surface area contributed by atoms with Crippen LogP contribution in [0.2, 0.25) is 0 Å². The van der Waals surface area contributed by atoms with Crippen molar-refractivity contribution in [3.05, 3.63) is 0 Å². The van der Waals surface area contributed by atoms with Gasteiger partial charge in [-0.3, -0.25) is 0 Å². The van der Waals surface area contributed by atoms with Crippen LogP contribution in [0.3, 0.4) is 0 Å². The van der Waals surface area contributed by atoms with Gasteiger partial charge >= 0.3 is 0 Å². The highest BCUT2D eigenvalue weighted by Crippen LogP contribution is 2.79. The fraction of sp³-hybridized carbons (Fsp3) is 1.00. The largest absolute Gasteiger partial charge is 0.389 e. The third-order valence-corrected chi connectivity index (χ3v) is 6.70. The number of aliphatic hydroxyl groups is 1. The Morgan fingerprint density at radius 2 is 1.57 bits per heavy atom. The van der Waals surface area contributed by atoms with Gasteiger partial charge in [0.25, 0.3) is 0 Å². The molecule has 0 heterocycles. The molecular weight excluding hydrogens is 172 g/mol. The lowest BCUT2D eigenvalue weighted by molar-refractivity contribution is -0.0684. The van der Waals surface area contributed by atoms with Crippen molar-refractivity contribution in [2.75, 3.05) is 0 Å². The first-order valence-electron chi connectivity index (χ1n) is 6.09. The van der Waals surface area contributed by atoms with E-state index in [1.54, 1.807) is 0 Å². The maximum Gasteiger partial charge on any atom is 0.0712 e. The number of hydrogen-bond acceptors (Lipinski definition) is 1. The molecule has 0 spiro atoms. The van der Waals surface area contributed by atoms with Gasteiger partial charge in [0.15, 0.2) is 0 Å². The van der Waals surface area contributed by atoms with Crippen molar-refractivity contribution in [3.63, 3.8) is 0 Å². The van der Waals surface area contributed by atoms with Crippen molar-refractivity contribution < 1.29 is 5.11 Å². The minimum absolute atomic E-state index is 0.215. The Labute approximate surface area is 86.9 Å². The molecular formula is C13H22O. The van der Waals surface area contributed by atoms with Crippen LogP contribution in [0.15, 0.2) is 0 Å². The summed E-state index contributed by atoms with van der Waals surface area (Å²) < 4.78 is 0. The summed E-state index contributed by atoms with van der Waals surface area (Å²) in [6.45, 7) is 7.21. The van der Waals surface area contributed by atoms with Crippen LogP contribution in [0.5, 0.6) is 0 Å². The molecule has 80 valence electrons. The van der Waals surface area contributed by atoms with Gasteiger partial charge in [-0.05, 0) is 42.9 Å². The van der Waals surface area contributed by atoms with E-state index < -0.39 is 0 Å². The molecule has 3 fully saturated rings. The molecule has 3 rings (SSSR count). The fourth-order valence-electron chi connectivity index (χ4n) is 5.32. The molecule has 0 aromatic rings. The standard InChI is InChI=1S/C13H22O/c1-10-5-4-6-12(3)11(10,2)7-8-13(12,14)9-10/h14H,4-9H2,1-3H3. The first kappa shape index (κ1) is 9.21. The average Bonchev–Trinajstić information content (AvgIpc) is 2.32. The van der Waals surface area contributed by atoms with Crippen LogP contribution in [0.25, 0.3) is 0 Å². The maximum atomic E-state index is 10.8. The number of rotatable bonds is 0. The molecule has 0 aromatic heterocycles. The smallest absolute Gasteiger partial charge is 0.0712 e. The van der Waals surface area contributed by atoms with Gasteiger partial charge in [0.2, 0.25) is 0 Å². The highest BCUT2D eigenvalue weighted by atomic mass is 16.3. The summed E-state index contributed by atoms with van der Waals surface area (Å²) in [4.78, 5) is 0. The Bertz CT molecular complexity index is 276. The third-order valence-electron chi connectivity index (χ3n) is 6.70. The van der Waals surface area contributed by atoms with Crippen LogP contribution in [0, 0.1) is 16.2 Å². The Morgan fingerprint density at radius 3 is 2.14 bits per heavy atom. The van der Waals surface area contributed by atoms with E-state index in [2.05, 4.69) is 20.8 Å². The maximum absolute atomic E-state index is 10.8. The molecule has 4 bridgehead atoms.